The summed E-state index contributed by atoms with van der Waals surface area (Å²) in [5.41, 5.74) is 1.90. The average Bonchev–Trinajstić information content (AvgIpc) is 3.14. The summed E-state index contributed by atoms with van der Waals surface area (Å²) in [5.74, 6) is 1.71. The van der Waals surface area contributed by atoms with Gasteiger partial charge in [0.2, 0.25) is 11.7 Å². The number of carbonyl (C=O) groups is 1. The number of aryl methyl sites for hydroxylation is 1. The Kier molecular flexibility index (Phi) is 5.98. The van der Waals surface area contributed by atoms with Crippen LogP contribution >= 0.6 is 0 Å². The molecule has 2 aromatic carbocycles. The van der Waals surface area contributed by atoms with Gasteiger partial charge in [-0.15, -0.1) is 10.2 Å². The Hall–Kier alpha value is -3.42. The van der Waals surface area contributed by atoms with E-state index in [9.17, 15) is 4.79 Å². The number of rotatable bonds is 8. The third kappa shape index (κ3) is 5.27. The van der Waals surface area contributed by atoms with Crippen LogP contribution in [0, 0.1) is 6.92 Å². The summed E-state index contributed by atoms with van der Waals surface area (Å²) >= 11 is 0. The first-order valence-electron chi connectivity index (χ1n) is 8.52. The smallest absolute Gasteiger partial charge is 0.243 e. The Morgan fingerprint density at radius 2 is 1.96 bits per heavy atom. The first-order valence-corrected chi connectivity index (χ1v) is 8.52. The van der Waals surface area contributed by atoms with E-state index in [0.29, 0.717) is 24.7 Å². The highest BCUT2D eigenvalue weighted by Gasteiger charge is 2.10. The van der Waals surface area contributed by atoms with Crippen molar-refractivity contribution in [2.24, 2.45) is 0 Å². The Morgan fingerprint density at radius 3 is 2.78 bits per heavy atom. The van der Waals surface area contributed by atoms with Gasteiger partial charge in [-0.2, -0.15) is 4.80 Å². The number of nitrogens with one attached hydrogen (secondary N) is 1. The van der Waals surface area contributed by atoms with Crippen molar-refractivity contribution in [1.29, 1.82) is 0 Å². The molecule has 8 heteroatoms. The van der Waals surface area contributed by atoms with Crippen LogP contribution < -0.4 is 14.8 Å². The predicted molar refractivity (Wildman–Crippen MR) is 99.5 cm³/mol. The van der Waals surface area contributed by atoms with Gasteiger partial charge >= 0.3 is 0 Å². The third-order valence-corrected chi connectivity index (χ3v) is 3.75. The highest BCUT2D eigenvalue weighted by molar-refractivity contribution is 5.75. The molecule has 0 aliphatic rings. The van der Waals surface area contributed by atoms with Crippen LogP contribution in [0.1, 0.15) is 5.56 Å². The van der Waals surface area contributed by atoms with Crippen molar-refractivity contribution in [3.8, 4) is 22.9 Å². The first-order chi connectivity index (χ1) is 13.1. The van der Waals surface area contributed by atoms with Gasteiger partial charge in [-0.1, -0.05) is 24.3 Å². The molecular weight excluding hydrogens is 346 g/mol. The highest BCUT2D eigenvalue weighted by atomic mass is 16.5. The zero-order chi connectivity index (χ0) is 19.1. The maximum absolute atomic E-state index is 12.0. The van der Waals surface area contributed by atoms with Crippen molar-refractivity contribution in [2.45, 2.75) is 13.5 Å². The molecule has 0 unspecified atom stereocenters. The largest absolute Gasteiger partial charge is 0.497 e. The predicted octanol–water partition coefficient (Wildman–Crippen LogP) is 1.85. The van der Waals surface area contributed by atoms with Gasteiger partial charge in [0.15, 0.2) is 0 Å². The van der Waals surface area contributed by atoms with Crippen molar-refractivity contribution in [2.75, 3.05) is 20.3 Å². The van der Waals surface area contributed by atoms with Gasteiger partial charge < -0.3 is 14.8 Å². The topological polar surface area (TPSA) is 91.2 Å². The number of tetrazole rings is 1. The molecule has 0 radical (unpaired) electrons. The van der Waals surface area contributed by atoms with Crippen LogP contribution in [0.5, 0.6) is 11.5 Å². The molecule has 0 saturated carbocycles. The zero-order valence-corrected chi connectivity index (χ0v) is 15.3. The summed E-state index contributed by atoms with van der Waals surface area (Å²) in [6.07, 6.45) is 0. The lowest BCUT2D eigenvalue weighted by Crippen LogP contribution is -2.31. The summed E-state index contributed by atoms with van der Waals surface area (Å²) in [6, 6.07) is 15.1. The van der Waals surface area contributed by atoms with Crippen molar-refractivity contribution < 1.29 is 14.3 Å². The Morgan fingerprint density at radius 1 is 1.15 bits per heavy atom. The molecular formula is C19H21N5O3. The molecule has 0 atom stereocenters. The Balaban J connectivity index is 1.46. The fourth-order valence-corrected chi connectivity index (χ4v) is 2.44. The molecule has 1 aromatic heterocycles. The second kappa shape index (κ2) is 8.79. The number of carbonyl (C=O) groups excluding carboxylic acids is 1. The molecule has 8 nitrogen and oxygen atoms in total. The SMILES string of the molecule is COc1cccc(-c2nnn(CC(=O)NCCOc3cccc(C)c3)n2)c1. The second-order valence-corrected chi connectivity index (χ2v) is 5.89. The van der Waals surface area contributed by atoms with Crippen LogP contribution in [-0.4, -0.2) is 46.4 Å². The quantitative estimate of drug-likeness (QED) is 0.611. The molecule has 27 heavy (non-hydrogen) atoms. The van der Waals surface area contributed by atoms with Crippen LogP contribution in [0.3, 0.4) is 0 Å². The van der Waals surface area contributed by atoms with Crippen LogP contribution in [0.2, 0.25) is 0 Å². The van der Waals surface area contributed by atoms with Crippen molar-refractivity contribution >= 4 is 5.91 Å². The molecule has 0 bridgehead atoms. The lowest BCUT2D eigenvalue weighted by Gasteiger charge is -2.08. The number of methoxy groups -OCH3 is 1. The summed E-state index contributed by atoms with van der Waals surface area (Å²) in [6.45, 7) is 2.76. The van der Waals surface area contributed by atoms with Crippen molar-refractivity contribution in [3.05, 3.63) is 54.1 Å². The van der Waals surface area contributed by atoms with Crippen LogP contribution in [0.4, 0.5) is 0 Å². The summed E-state index contributed by atoms with van der Waals surface area (Å²) < 4.78 is 10.8. The maximum Gasteiger partial charge on any atom is 0.243 e. The first kappa shape index (κ1) is 18.4. The highest BCUT2D eigenvalue weighted by Crippen LogP contribution is 2.19. The van der Waals surface area contributed by atoms with Crippen LogP contribution in [0.25, 0.3) is 11.4 Å². The van der Waals surface area contributed by atoms with Gasteiger partial charge in [0, 0.05) is 5.56 Å². The molecule has 0 saturated heterocycles. The number of benzene rings is 2. The molecule has 0 fully saturated rings. The monoisotopic (exact) mass is 367 g/mol. The molecule has 3 aromatic rings. The van der Waals surface area contributed by atoms with Crippen molar-refractivity contribution in [3.63, 3.8) is 0 Å². The number of ether oxygens (including phenoxy) is 2. The molecule has 0 aliphatic heterocycles. The van der Waals surface area contributed by atoms with Gasteiger partial charge in [-0.25, -0.2) is 0 Å². The van der Waals surface area contributed by atoms with E-state index in [0.717, 1.165) is 16.9 Å². The lowest BCUT2D eigenvalue weighted by molar-refractivity contribution is -0.122. The fourth-order valence-electron chi connectivity index (χ4n) is 2.44. The summed E-state index contributed by atoms with van der Waals surface area (Å²) in [4.78, 5) is 13.3. The number of aromatic nitrogens is 4. The molecule has 0 spiro atoms. The van der Waals surface area contributed by atoms with E-state index in [1.807, 2.05) is 55.5 Å². The van der Waals surface area contributed by atoms with E-state index >= 15 is 0 Å². The molecule has 140 valence electrons. The van der Waals surface area contributed by atoms with E-state index in [4.69, 9.17) is 9.47 Å². The summed E-state index contributed by atoms with van der Waals surface area (Å²) in [7, 11) is 1.59. The van der Waals surface area contributed by atoms with E-state index in [2.05, 4.69) is 20.7 Å². The summed E-state index contributed by atoms with van der Waals surface area (Å²) in [5, 5.41) is 14.9. The third-order valence-electron chi connectivity index (χ3n) is 3.75. The minimum Gasteiger partial charge on any atom is -0.497 e. The van der Waals surface area contributed by atoms with E-state index in [-0.39, 0.29) is 12.5 Å². The zero-order valence-electron chi connectivity index (χ0n) is 15.3. The number of nitrogens with zero attached hydrogens (tertiary/aromatic N) is 4. The van der Waals surface area contributed by atoms with Gasteiger partial charge in [0.25, 0.3) is 0 Å². The number of amides is 1. The van der Waals surface area contributed by atoms with E-state index in [1.54, 1.807) is 7.11 Å². The maximum atomic E-state index is 12.0. The van der Waals surface area contributed by atoms with Gasteiger partial charge in [-0.3, -0.25) is 4.79 Å². The van der Waals surface area contributed by atoms with Gasteiger partial charge in [0.1, 0.15) is 24.7 Å². The lowest BCUT2D eigenvalue weighted by atomic mass is 10.2. The number of hydrogen-bond acceptors (Lipinski definition) is 6. The van der Waals surface area contributed by atoms with E-state index in [1.165, 1.54) is 4.80 Å². The van der Waals surface area contributed by atoms with Gasteiger partial charge in [0.05, 0.1) is 13.7 Å². The molecule has 1 heterocycles. The molecule has 1 amide bonds. The van der Waals surface area contributed by atoms with E-state index < -0.39 is 0 Å². The Labute approximate surface area is 157 Å². The minimum atomic E-state index is -0.211. The normalized spacial score (nSPS) is 10.4. The van der Waals surface area contributed by atoms with Crippen molar-refractivity contribution in [1.82, 2.24) is 25.5 Å². The van der Waals surface area contributed by atoms with Crippen LogP contribution in [0.15, 0.2) is 48.5 Å². The number of hydrogen-bond donors (Lipinski definition) is 1. The fraction of sp³-hybridized carbons (Fsp3) is 0.263. The van der Waals surface area contributed by atoms with Gasteiger partial charge in [-0.05, 0) is 42.0 Å². The second-order valence-electron chi connectivity index (χ2n) is 5.89. The average molecular weight is 367 g/mol. The van der Waals surface area contributed by atoms with Crippen LogP contribution in [-0.2, 0) is 11.3 Å². The Bertz CT molecular complexity index is 910. The minimum absolute atomic E-state index is 0.0125. The molecule has 3 rings (SSSR count). The molecule has 0 aliphatic carbocycles. The molecule has 1 N–H and O–H groups in total. The standard InChI is InChI=1S/C19H21N5O3/c1-14-5-3-8-17(11-14)27-10-9-20-18(25)13-24-22-19(21-23-24)15-6-4-7-16(12-15)26-2/h3-8,11-12H,9-10,13H2,1-2H3,(H,20,25).